The van der Waals surface area contributed by atoms with E-state index >= 15 is 0 Å². The molecule has 1 fully saturated rings. The van der Waals surface area contributed by atoms with Gasteiger partial charge in [-0.25, -0.2) is 0 Å². The Kier molecular flexibility index (Phi) is 4.33. The number of halogens is 1. The first kappa shape index (κ1) is 16.3. The van der Waals surface area contributed by atoms with Gasteiger partial charge < -0.3 is 15.8 Å². The van der Waals surface area contributed by atoms with E-state index in [0.717, 1.165) is 16.6 Å². The summed E-state index contributed by atoms with van der Waals surface area (Å²) in [5, 5.41) is 26.0. The van der Waals surface area contributed by atoms with Crippen LogP contribution in [0.15, 0.2) is 28.7 Å². The molecule has 0 radical (unpaired) electrons. The Morgan fingerprint density at radius 2 is 1.86 bits per heavy atom. The van der Waals surface area contributed by atoms with Gasteiger partial charge in [-0.05, 0) is 58.4 Å². The van der Waals surface area contributed by atoms with E-state index in [9.17, 15) is 5.21 Å². The third-order valence-corrected chi connectivity index (χ3v) is 4.64. The SMILES string of the molecule is CC1(C)CC(NC(=N)Nc2ccc(Br)cc2)C(C)(C)N1O. The highest BCUT2D eigenvalue weighted by atomic mass is 79.9. The van der Waals surface area contributed by atoms with Gasteiger partial charge in [-0.15, -0.1) is 0 Å². The predicted octanol–water partition coefficient (Wildman–Crippen LogP) is 3.41. The molecule has 0 amide bonds. The van der Waals surface area contributed by atoms with Gasteiger partial charge in [0.05, 0.1) is 11.6 Å². The van der Waals surface area contributed by atoms with Crippen molar-refractivity contribution < 1.29 is 5.21 Å². The Morgan fingerprint density at radius 1 is 1.29 bits per heavy atom. The fraction of sp³-hybridized carbons (Fsp3) is 0.533. The van der Waals surface area contributed by atoms with Gasteiger partial charge in [-0.2, -0.15) is 5.06 Å². The number of hydrogen-bond acceptors (Lipinski definition) is 3. The molecule has 1 heterocycles. The standard InChI is InChI=1S/C15H23BrN4O/c1-14(2)9-12(15(3,4)20(14)21)19-13(17)18-11-7-5-10(16)6-8-11/h5-8,12,21H,9H2,1-4H3,(H3,17,18,19). The summed E-state index contributed by atoms with van der Waals surface area (Å²) in [6.45, 7) is 7.96. The number of benzene rings is 1. The highest BCUT2D eigenvalue weighted by Crippen LogP contribution is 2.38. The van der Waals surface area contributed by atoms with Crippen LogP contribution in [0.4, 0.5) is 5.69 Å². The van der Waals surface area contributed by atoms with E-state index in [1.165, 1.54) is 5.06 Å². The minimum Gasteiger partial charge on any atom is -0.352 e. The van der Waals surface area contributed by atoms with Crippen molar-refractivity contribution >= 4 is 27.6 Å². The van der Waals surface area contributed by atoms with Crippen LogP contribution in [0.2, 0.25) is 0 Å². The van der Waals surface area contributed by atoms with Gasteiger partial charge in [0.2, 0.25) is 0 Å². The summed E-state index contributed by atoms with van der Waals surface area (Å²) in [6.07, 6.45) is 0.765. The van der Waals surface area contributed by atoms with Crippen molar-refractivity contribution in [2.75, 3.05) is 5.32 Å². The lowest BCUT2D eigenvalue weighted by Crippen LogP contribution is -2.53. The molecule has 5 nitrogen and oxygen atoms in total. The largest absolute Gasteiger partial charge is 0.352 e. The first-order valence-electron chi connectivity index (χ1n) is 7.00. The highest BCUT2D eigenvalue weighted by Gasteiger charge is 2.51. The Labute approximate surface area is 134 Å². The maximum absolute atomic E-state index is 10.3. The summed E-state index contributed by atoms with van der Waals surface area (Å²) in [4.78, 5) is 0. The predicted molar refractivity (Wildman–Crippen MR) is 88.8 cm³/mol. The lowest BCUT2D eigenvalue weighted by molar-refractivity contribution is -0.193. The second-order valence-corrected chi connectivity index (χ2v) is 7.60. The fourth-order valence-corrected chi connectivity index (χ4v) is 3.14. The van der Waals surface area contributed by atoms with Gasteiger partial charge in [-0.1, -0.05) is 15.9 Å². The maximum Gasteiger partial charge on any atom is 0.193 e. The van der Waals surface area contributed by atoms with Crippen molar-refractivity contribution in [3.63, 3.8) is 0 Å². The second-order valence-electron chi connectivity index (χ2n) is 6.69. The van der Waals surface area contributed by atoms with E-state index < -0.39 is 5.54 Å². The zero-order valence-electron chi connectivity index (χ0n) is 12.9. The van der Waals surface area contributed by atoms with Crippen molar-refractivity contribution in [2.24, 2.45) is 0 Å². The molecule has 116 valence electrons. The molecule has 0 bridgehead atoms. The average molecular weight is 355 g/mol. The molecule has 1 aromatic carbocycles. The summed E-state index contributed by atoms with van der Waals surface area (Å²) in [7, 11) is 0. The van der Waals surface area contributed by atoms with E-state index in [4.69, 9.17) is 5.41 Å². The molecule has 1 atom stereocenters. The Balaban J connectivity index is 2.01. The molecule has 4 N–H and O–H groups in total. The van der Waals surface area contributed by atoms with Gasteiger partial charge >= 0.3 is 0 Å². The third kappa shape index (κ3) is 3.39. The summed E-state index contributed by atoms with van der Waals surface area (Å²) >= 11 is 3.39. The molecule has 1 saturated heterocycles. The summed E-state index contributed by atoms with van der Waals surface area (Å²) in [5.41, 5.74) is 0.114. The monoisotopic (exact) mass is 354 g/mol. The molecule has 0 aromatic heterocycles. The van der Waals surface area contributed by atoms with Crippen LogP contribution in [0.5, 0.6) is 0 Å². The van der Waals surface area contributed by atoms with E-state index in [0.29, 0.717) is 0 Å². The molecular weight excluding hydrogens is 332 g/mol. The fourth-order valence-electron chi connectivity index (χ4n) is 2.88. The quantitative estimate of drug-likeness (QED) is 0.485. The minimum atomic E-state index is -0.433. The van der Waals surface area contributed by atoms with E-state index in [1.54, 1.807) is 0 Å². The van der Waals surface area contributed by atoms with Crippen molar-refractivity contribution in [1.29, 1.82) is 5.41 Å². The molecular formula is C15H23BrN4O. The summed E-state index contributed by atoms with van der Waals surface area (Å²) in [5.74, 6) is 0.237. The molecule has 0 saturated carbocycles. The van der Waals surface area contributed by atoms with E-state index in [1.807, 2.05) is 52.0 Å². The number of rotatable bonds is 2. The van der Waals surface area contributed by atoms with Crippen LogP contribution < -0.4 is 10.6 Å². The molecule has 6 heteroatoms. The number of nitrogens with one attached hydrogen (secondary N) is 3. The van der Waals surface area contributed by atoms with Crippen LogP contribution in [-0.4, -0.2) is 33.3 Å². The number of nitrogens with zero attached hydrogens (tertiary/aromatic N) is 1. The summed E-state index contributed by atoms with van der Waals surface area (Å²) < 4.78 is 1.00. The number of hydroxylamine groups is 2. The number of hydrogen-bond donors (Lipinski definition) is 4. The second kappa shape index (κ2) is 5.59. The zero-order valence-corrected chi connectivity index (χ0v) is 14.5. The Bertz CT molecular complexity index is 527. The zero-order chi connectivity index (χ0) is 15.8. The molecule has 2 rings (SSSR count). The third-order valence-electron chi connectivity index (χ3n) is 4.11. The topological polar surface area (TPSA) is 71.4 Å². The molecule has 1 aliphatic heterocycles. The van der Waals surface area contributed by atoms with Crippen LogP contribution in [0.3, 0.4) is 0 Å². The molecule has 1 unspecified atom stereocenters. The van der Waals surface area contributed by atoms with Crippen molar-refractivity contribution in [3.8, 4) is 0 Å². The lowest BCUT2D eigenvalue weighted by atomic mass is 9.94. The van der Waals surface area contributed by atoms with Crippen LogP contribution in [-0.2, 0) is 0 Å². The average Bonchev–Trinajstić information content (AvgIpc) is 2.53. The van der Waals surface area contributed by atoms with Gasteiger partial charge in [0.25, 0.3) is 0 Å². The van der Waals surface area contributed by atoms with Crippen LogP contribution >= 0.6 is 15.9 Å². The van der Waals surface area contributed by atoms with Crippen molar-refractivity contribution in [2.45, 2.75) is 51.2 Å². The Hall–Kier alpha value is -1.11. The number of anilines is 1. The molecule has 0 spiro atoms. The first-order chi connectivity index (χ1) is 9.63. The molecule has 1 aromatic rings. The van der Waals surface area contributed by atoms with Crippen LogP contribution in [0.1, 0.15) is 34.1 Å². The van der Waals surface area contributed by atoms with Gasteiger partial charge in [0.15, 0.2) is 5.96 Å². The molecule has 0 aliphatic carbocycles. The van der Waals surface area contributed by atoms with E-state index in [-0.39, 0.29) is 17.5 Å². The maximum atomic E-state index is 10.3. The van der Waals surface area contributed by atoms with Gasteiger partial charge in [0.1, 0.15) is 0 Å². The van der Waals surface area contributed by atoms with Crippen molar-refractivity contribution in [1.82, 2.24) is 10.4 Å². The number of guanidine groups is 1. The van der Waals surface area contributed by atoms with Gasteiger partial charge in [0, 0.05) is 15.7 Å². The molecule has 1 aliphatic rings. The minimum absolute atomic E-state index is 0.00653. The molecule has 21 heavy (non-hydrogen) atoms. The van der Waals surface area contributed by atoms with Crippen LogP contribution in [0.25, 0.3) is 0 Å². The highest BCUT2D eigenvalue weighted by molar-refractivity contribution is 9.10. The lowest BCUT2D eigenvalue weighted by Gasteiger charge is -2.36. The normalized spacial score (nSPS) is 23.8. The van der Waals surface area contributed by atoms with E-state index in [2.05, 4.69) is 26.6 Å². The first-order valence-corrected chi connectivity index (χ1v) is 7.79. The van der Waals surface area contributed by atoms with Crippen molar-refractivity contribution in [3.05, 3.63) is 28.7 Å². The summed E-state index contributed by atoms with van der Waals surface area (Å²) in [6, 6.07) is 7.65. The van der Waals surface area contributed by atoms with Crippen LogP contribution in [0, 0.1) is 5.41 Å². The Morgan fingerprint density at radius 3 is 2.33 bits per heavy atom. The smallest absolute Gasteiger partial charge is 0.193 e. The van der Waals surface area contributed by atoms with Gasteiger partial charge in [-0.3, -0.25) is 5.41 Å².